The summed E-state index contributed by atoms with van der Waals surface area (Å²) < 4.78 is 0. The summed E-state index contributed by atoms with van der Waals surface area (Å²) in [7, 11) is 0. The monoisotopic (exact) mass is 384 g/mol. The SMILES string of the molecule is O=C(CN1Cc2ccccc2C1=O)N[C@H](CSCc1ccccc1)C(=O)O. The second kappa shape index (κ2) is 8.73. The smallest absolute Gasteiger partial charge is 0.327 e. The maximum absolute atomic E-state index is 12.3. The minimum absolute atomic E-state index is 0.152. The van der Waals surface area contributed by atoms with Crippen LogP contribution < -0.4 is 5.32 Å². The summed E-state index contributed by atoms with van der Waals surface area (Å²) >= 11 is 1.44. The van der Waals surface area contributed by atoms with E-state index in [1.807, 2.05) is 42.5 Å². The molecule has 1 heterocycles. The van der Waals surface area contributed by atoms with Crippen LogP contribution in [0.4, 0.5) is 0 Å². The number of carboxylic acid groups (broad SMARTS) is 1. The van der Waals surface area contributed by atoms with E-state index in [4.69, 9.17) is 0 Å². The van der Waals surface area contributed by atoms with Gasteiger partial charge in [-0.15, -0.1) is 0 Å². The molecule has 27 heavy (non-hydrogen) atoms. The van der Waals surface area contributed by atoms with Crippen LogP contribution in [0.25, 0.3) is 0 Å². The third-order valence-electron chi connectivity index (χ3n) is 4.26. The van der Waals surface area contributed by atoms with Crippen LogP contribution in [-0.4, -0.2) is 46.1 Å². The number of amides is 2. The highest BCUT2D eigenvalue weighted by molar-refractivity contribution is 7.98. The van der Waals surface area contributed by atoms with Gasteiger partial charge in [-0.1, -0.05) is 48.5 Å². The quantitative estimate of drug-likeness (QED) is 0.728. The summed E-state index contributed by atoms with van der Waals surface area (Å²) in [5, 5.41) is 11.9. The van der Waals surface area contributed by atoms with E-state index in [9.17, 15) is 19.5 Å². The summed E-state index contributed by atoms with van der Waals surface area (Å²) in [6.07, 6.45) is 0. The highest BCUT2D eigenvalue weighted by Gasteiger charge is 2.29. The normalized spacial score (nSPS) is 13.9. The standard InChI is InChI=1S/C20H20N2O4S/c23-18(11-22-10-15-8-4-5-9-16(15)19(22)24)21-17(20(25)26)13-27-12-14-6-2-1-3-7-14/h1-9,17H,10-13H2,(H,21,23)(H,25,26)/t17-/m1/s1. The van der Waals surface area contributed by atoms with E-state index >= 15 is 0 Å². The first-order valence-electron chi connectivity index (χ1n) is 8.55. The van der Waals surface area contributed by atoms with Crippen molar-refractivity contribution in [1.29, 1.82) is 0 Å². The number of benzene rings is 2. The van der Waals surface area contributed by atoms with E-state index in [1.54, 1.807) is 12.1 Å². The number of carbonyl (C=O) groups is 3. The molecule has 2 amide bonds. The summed E-state index contributed by atoms with van der Waals surface area (Å²) in [5.74, 6) is -0.834. The molecule has 0 spiro atoms. The lowest BCUT2D eigenvalue weighted by atomic mass is 10.1. The highest BCUT2D eigenvalue weighted by atomic mass is 32.2. The van der Waals surface area contributed by atoms with Gasteiger partial charge in [0.2, 0.25) is 5.91 Å². The molecule has 0 radical (unpaired) electrons. The second-order valence-electron chi connectivity index (χ2n) is 6.28. The molecule has 0 unspecified atom stereocenters. The van der Waals surface area contributed by atoms with Gasteiger partial charge in [-0.3, -0.25) is 9.59 Å². The lowest BCUT2D eigenvalue weighted by Crippen LogP contribution is -2.47. The first-order valence-corrected chi connectivity index (χ1v) is 9.71. The number of hydrogen-bond acceptors (Lipinski definition) is 4. The molecular weight excluding hydrogens is 364 g/mol. The van der Waals surface area contributed by atoms with Gasteiger partial charge in [-0.25, -0.2) is 4.79 Å². The summed E-state index contributed by atoms with van der Waals surface area (Å²) in [6, 6.07) is 15.9. The highest BCUT2D eigenvalue weighted by Crippen LogP contribution is 2.21. The maximum Gasteiger partial charge on any atom is 0.327 e. The van der Waals surface area contributed by atoms with Gasteiger partial charge in [0.25, 0.3) is 5.91 Å². The van der Waals surface area contributed by atoms with Gasteiger partial charge in [0, 0.05) is 23.6 Å². The van der Waals surface area contributed by atoms with Gasteiger partial charge >= 0.3 is 5.97 Å². The van der Waals surface area contributed by atoms with Crippen molar-refractivity contribution in [2.45, 2.75) is 18.3 Å². The Bertz CT molecular complexity index is 841. The Morgan fingerprint density at radius 2 is 1.81 bits per heavy atom. The van der Waals surface area contributed by atoms with Crippen molar-refractivity contribution in [1.82, 2.24) is 10.2 Å². The van der Waals surface area contributed by atoms with Crippen molar-refractivity contribution < 1.29 is 19.5 Å². The Morgan fingerprint density at radius 1 is 1.11 bits per heavy atom. The van der Waals surface area contributed by atoms with Crippen LogP contribution in [0.15, 0.2) is 54.6 Å². The Hall–Kier alpha value is -2.80. The molecule has 1 aliphatic rings. The Balaban J connectivity index is 1.50. The Labute approximate surface area is 161 Å². The molecule has 0 bridgehead atoms. The number of fused-ring (bicyclic) bond motifs is 1. The first-order chi connectivity index (χ1) is 13.0. The zero-order valence-corrected chi connectivity index (χ0v) is 15.4. The predicted molar refractivity (Wildman–Crippen MR) is 103 cm³/mol. The number of carboxylic acids is 1. The molecule has 2 aromatic carbocycles. The lowest BCUT2D eigenvalue weighted by molar-refractivity contribution is -0.141. The Kier molecular flexibility index (Phi) is 6.13. The molecule has 3 rings (SSSR count). The minimum atomic E-state index is -1.08. The fraction of sp³-hybridized carbons (Fsp3) is 0.250. The molecule has 0 saturated carbocycles. The topological polar surface area (TPSA) is 86.7 Å². The predicted octanol–water partition coefficient (Wildman–Crippen LogP) is 2.15. The van der Waals surface area contributed by atoms with Crippen molar-refractivity contribution in [3.63, 3.8) is 0 Å². The number of nitrogens with zero attached hydrogens (tertiary/aromatic N) is 1. The molecule has 1 atom stereocenters. The summed E-state index contributed by atoms with van der Waals surface area (Å²) in [6.45, 7) is 0.212. The number of thioether (sulfide) groups is 1. The number of carbonyl (C=O) groups excluding carboxylic acids is 2. The molecule has 1 aliphatic heterocycles. The second-order valence-corrected chi connectivity index (χ2v) is 7.31. The third kappa shape index (κ3) is 4.89. The zero-order valence-electron chi connectivity index (χ0n) is 14.6. The van der Waals surface area contributed by atoms with Gasteiger partial charge in [-0.05, 0) is 17.2 Å². The minimum Gasteiger partial charge on any atom is -0.480 e. The number of hydrogen-bond donors (Lipinski definition) is 2. The van der Waals surface area contributed by atoms with E-state index in [0.29, 0.717) is 17.9 Å². The number of rotatable bonds is 8. The van der Waals surface area contributed by atoms with Crippen molar-refractivity contribution >= 4 is 29.5 Å². The first kappa shape index (κ1) is 19.0. The Morgan fingerprint density at radius 3 is 2.52 bits per heavy atom. The van der Waals surface area contributed by atoms with Gasteiger partial charge in [0.05, 0.1) is 0 Å². The third-order valence-corrected chi connectivity index (χ3v) is 5.37. The van der Waals surface area contributed by atoms with Crippen molar-refractivity contribution in [2.24, 2.45) is 0 Å². The van der Waals surface area contributed by atoms with Crippen LogP contribution in [0.2, 0.25) is 0 Å². The molecule has 7 heteroatoms. The van der Waals surface area contributed by atoms with Gasteiger partial charge < -0.3 is 15.3 Å². The molecular formula is C20H20N2O4S. The maximum atomic E-state index is 12.3. The van der Waals surface area contributed by atoms with E-state index in [2.05, 4.69) is 5.32 Å². The number of aliphatic carboxylic acids is 1. The van der Waals surface area contributed by atoms with Crippen LogP contribution in [0.1, 0.15) is 21.5 Å². The molecule has 6 nitrogen and oxygen atoms in total. The largest absolute Gasteiger partial charge is 0.480 e. The van der Waals surface area contributed by atoms with E-state index in [-0.39, 0.29) is 18.2 Å². The average molecular weight is 384 g/mol. The van der Waals surface area contributed by atoms with Crippen LogP contribution in [-0.2, 0) is 21.9 Å². The fourth-order valence-corrected chi connectivity index (χ4v) is 3.91. The van der Waals surface area contributed by atoms with Gasteiger partial charge in [0.1, 0.15) is 12.6 Å². The van der Waals surface area contributed by atoms with Crippen molar-refractivity contribution in [3.05, 3.63) is 71.3 Å². The number of nitrogens with one attached hydrogen (secondary N) is 1. The lowest BCUT2D eigenvalue weighted by Gasteiger charge is -2.18. The van der Waals surface area contributed by atoms with Crippen LogP contribution in [0.5, 0.6) is 0 Å². The summed E-state index contributed by atoms with van der Waals surface area (Å²) in [4.78, 5) is 37.4. The van der Waals surface area contributed by atoms with Crippen LogP contribution in [0, 0.1) is 0 Å². The molecule has 2 N–H and O–H groups in total. The van der Waals surface area contributed by atoms with E-state index in [1.165, 1.54) is 16.7 Å². The van der Waals surface area contributed by atoms with Crippen LogP contribution >= 0.6 is 11.8 Å². The summed E-state index contributed by atoms with van der Waals surface area (Å²) in [5.41, 5.74) is 2.57. The van der Waals surface area contributed by atoms with Gasteiger partial charge in [-0.2, -0.15) is 11.8 Å². The molecule has 0 aliphatic carbocycles. The molecule has 0 fully saturated rings. The molecule has 140 valence electrons. The van der Waals surface area contributed by atoms with Crippen molar-refractivity contribution in [2.75, 3.05) is 12.3 Å². The average Bonchev–Trinajstić information content (AvgIpc) is 2.97. The zero-order chi connectivity index (χ0) is 19.2. The molecule has 2 aromatic rings. The van der Waals surface area contributed by atoms with Crippen molar-refractivity contribution in [3.8, 4) is 0 Å². The van der Waals surface area contributed by atoms with Gasteiger partial charge in [0.15, 0.2) is 0 Å². The van der Waals surface area contributed by atoms with E-state index < -0.39 is 17.9 Å². The van der Waals surface area contributed by atoms with E-state index in [0.717, 1.165) is 11.1 Å². The fourth-order valence-electron chi connectivity index (χ4n) is 2.90. The molecule has 0 saturated heterocycles. The molecule has 0 aromatic heterocycles. The van der Waals surface area contributed by atoms with Crippen LogP contribution in [0.3, 0.4) is 0 Å².